The summed E-state index contributed by atoms with van der Waals surface area (Å²) in [6, 6.07) is 3.93. The van der Waals surface area contributed by atoms with Crippen molar-refractivity contribution < 1.29 is 9.90 Å². The summed E-state index contributed by atoms with van der Waals surface area (Å²) in [7, 11) is 0. The molecule has 1 saturated carbocycles. The molecule has 0 amide bonds. The first-order chi connectivity index (χ1) is 8.75. The smallest absolute Gasteiger partial charge is 0.339 e. The number of fused-ring (bicyclic) bond motifs is 1. The van der Waals surface area contributed by atoms with Gasteiger partial charge in [0.15, 0.2) is 5.65 Å². The Morgan fingerprint density at radius 3 is 3.06 bits per heavy atom. The van der Waals surface area contributed by atoms with Crippen molar-refractivity contribution in [3.05, 3.63) is 35.8 Å². The van der Waals surface area contributed by atoms with Crippen molar-refractivity contribution in [2.45, 2.75) is 31.8 Å². The number of carbonyl (C=O) groups is 1. The van der Waals surface area contributed by atoms with Gasteiger partial charge >= 0.3 is 5.97 Å². The fourth-order valence-corrected chi connectivity index (χ4v) is 2.22. The number of carboxylic acids is 1. The molecule has 0 aliphatic heterocycles. The third kappa shape index (κ3) is 1.86. The first kappa shape index (κ1) is 11.2. The normalized spacial score (nSPS) is 15.8. The van der Waals surface area contributed by atoms with E-state index in [0.29, 0.717) is 11.7 Å². The lowest BCUT2D eigenvalue weighted by Gasteiger charge is -2.26. The fraction of sp³-hybridized carbons (Fsp3) is 0.385. The summed E-state index contributed by atoms with van der Waals surface area (Å²) in [5.41, 5.74) is 1.75. The number of aromatic nitrogens is 2. The van der Waals surface area contributed by atoms with Gasteiger partial charge in [0, 0.05) is 18.8 Å². The molecule has 0 saturated heterocycles. The van der Waals surface area contributed by atoms with Crippen LogP contribution in [-0.2, 0) is 6.54 Å². The highest BCUT2D eigenvalue weighted by atomic mass is 16.4. The van der Waals surface area contributed by atoms with E-state index in [-0.39, 0.29) is 5.56 Å². The van der Waals surface area contributed by atoms with Crippen LogP contribution in [0.3, 0.4) is 0 Å². The van der Waals surface area contributed by atoms with Crippen molar-refractivity contribution in [1.29, 1.82) is 0 Å². The molecule has 18 heavy (non-hydrogen) atoms. The van der Waals surface area contributed by atoms with Crippen molar-refractivity contribution >= 4 is 11.6 Å². The zero-order valence-electron chi connectivity index (χ0n) is 9.97. The second kappa shape index (κ2) is 4.42. The number of aromatic carboxylic acids is 1. The molecule has 0 spiro atoms. The molecule has 0 aromatic carbocycles. The zero-order valence-corrected chi connectivity index (χ0v) is 9.97. The Labute approximate surface area is 104 Å². The average molecular weight is 245 g/mol. The molecule has 0 radical (unpaired) electrons. The van der Waals surface area contributed by atoms with Crippen LogP contribution >= 0.6 is 0 Å². The molecule has 5 nitrogen and oxygen atoms in total. The molecule has 2 aromatic heterocycles. The molecule has 0 unspecified atom stereocenters. The van der Waals surface area contributed by atoms with Gasteiger partial charge in [-0.3, -0.25) is 0 Å². The molecule has 94 valence electrons. The number of carboxylic acid groups (broad SMARTS) is 1. The number of nitrogens with zero attached hydrogens (tertiary/aromatic N) is 2. The zero-order chi connectivity index (χ0) is 12.5. The summed E-state index contributed by atoms with van der Waals surface area (Å²) in [6.07, 6.45) is 7.36. The Hall–Kier alpha value is -1.88. The van der Waals surface area contributed by atoms with Crippen LogP contribution in [0.2, 0.25) is 0 Å². The van der Waals surface area contributed by atoms with E-state index < -0.39 is 5.97 Å². The summed E-state index contributed by atoms with van der Waals surface area (Å²) >= 11 is 0. The van der Waals surface area contributed by atoms with Crippen molar-refractivity contribution in [2.24, 2.45) is 0 Å². The first-order valence-electron chi connectivity index (χ1n) is 6.17. The van der Waals surface area contributed by atoms with Crippen LogP contribution in [-0.4, -0.2) is 26.5 Å². The molecule has 1 aliphatic carbocycles. The molecule has 2 N–H and O–H groups in total. The van der Waals surface area contributed by atoms with Gasteiger partial charge in [0.2, 0.25) is 0 Å². The van der Waals surface area contributed by atoms with E-state index in [4.69, 9.17) is 5.11 Å². The van der Waals surface area contributed by atoms with E-state index in [2.05, 4.69) is 10.3 Å². The van der Waals surface area contributed by atoms with Crippen LogP contribution in [0.4, 0.5) is 0 Å². The summed E-state index contributed by atoms with van der Waals surface area (Å²) in [5, 5.41) is 12.5. The van der Waals surface area contributed by atoms with Gasteiger partial charge in [0.1, 0.15) is 5.56 Å². The number of nitrogens with one attached hydrogen (secondary N) is 1. The van der Waals surface area contributed by atoms with Crippen molar-refractivity contribution in [3.8, 4) is 0 Å². The van der Waals surface area contributed by atoms with E-state index in [1.54, 1.807) is 18.3 Å². The Kier molecular flexibility index (Phi) is 2.76. The van der Waals surface area contributed by atoms with Crippen LogP contribution in [0.15, 0.2) is 24.5 Å². The molecule has 2 aromatic rings. The van der Waals surface area contributed by atoms with E-state index in [1.165, 1.54) is 19.3 Å². The maximum absolute atomic E-state index is 11.1. The van der Waals surface area contributed by atoms with Gasteiger partial charge in [-0.05, 0) is 25.0 Å². The minimum atomic E-state index is -0.940. The third-order valence-corrected chi connectivity index (χ3v) is 3.52. The first-order valence-corrected chi connectivity index (χ1v) is 6.17. The lowest BCUT2D eigenvalue weighted by molar-refractivity contribution is 0.0698. The number of hydrogen-bond acceptors (Lipinski definition) is 3. The molecule has 3 rings (SSSR count). The van der Waals surface area contributed by atoms with Crippen LogP contribution in [0.5, 0.6) is 0 Å². The average Bonchev–Trinajstić information content (AvgIpc) is 2.70. The van der Waals surface area contributed by atoms with Gasteiger partial charge in [-0.2, -0.15) is 0 Å². The highest BCUT2D eigenvalue weighted by molar-refractivity contribution is 5.94. The lowest BCUT2D eigenvalue weighted by Crippen LogP contribution is -2.34. The van der Waals surface area contributed by atoms with Crippen LogP contribution < -0.4 is 5.32 Å². The monoisotopic (exact) mass is 245 g/mol. The molecule has 2 heterocycles. The topological polar surface area (TPSA) is 66.6 Å². The lowest BCUT2D eigenvalue weighted by atomic mass is 9.93. The molecular weight excluding hydrogens is 230 g/mol. The Morgan fingerprint density at radius 1 is 1.56 bits per heavy atom. The predicted octanol–water partition coefficient (Wildman–Crippen LogP) is 1.67. The molecule has 5 heteroatoms. The van der Waals surface area contributed by atoms with Crippen LogP contribution in [0.1, 0.15) is 35.3 Å². The van der Waals surface area contributed by atoms with Crippen molar-refractivity contribution in [2.75, 3.05) is 0 Å². The summed E-state index contributed by atoms with van der Waals surface area (Å²) in [6.45, 7) is 0.731. The van der Waals surface area contributed by atoms with Gasteiger partial charge in [-0.15, -0.1) is 0 Å². The van der Waals surface area contributed by atoms with Crippen LogP contribution in [0.25, 0.3) is 5.65 Å². The quantitative estimate of drug-likeness (QED) is 0.860. The second-order valence-corrected chi connectivity index (χ2v) is 4.68. The fourth-order valence-electron chi connectivity index (χ4n) is 2.22. The van der Waals surface area contributed by atoms with Crippen molar-refractivity contribution in [1.82, 2.24) is 14.7 Å². The summed E-state index contributed by atoms with van der Waals surface area (Å²) in [4.78, 5) is 15.3. The number of hydrogen-bond donors (Lipinski definition) is 2. The largest absolute Gasteiger partial charge is 0.478 e. The van der Waals surface area contributed by atoms with E-state index >= 15 is 0 Å². The summed E-state index contributed by atoms with van der Waals surface area (Å²) in [5.74, 6) is -0.940. The van der Waals surface area contributed by atoms with Crippen molar-refractivity contribution in [3.63, 3.8) is 0 Å². The highest BCUT2D eigenvalue weighted by Gasteiger charge is 2.17. The molecule has 1 aliphatic rings. The standard InChI is InChI=1S/C13H15N3O2/c17-13(18)11-5-2-6-16-10(8-15-12(11)16)7-14-9-3-1-4-9/h2,5-6,8-9,14H,1,3-4,7H2,(H,17,18). The predicted molar refractivity (Wildman–Crippen MR) is 66.6 cm³/mol. The maximum atomic E-state index is 11.1. The third-order valence-electron chi connectivity index (χ3n) is 3.52. The summed E-state index contributed by atoms with van der Waals surface area (Å²) < 4.78 is 1.84. The Morgan fingerprint density at radius 2 is 2.39 bits per heavy atom. The van der Waals surface area contributed by atoms with Crippen LogP contribution in [0, 0.1) is 0 Å². The maximum Gasteiger partial charge on any atom is 0.339 e. The number of pyridine rings is 1. The Bertz CT molecular complexity index is 587. The van der Waals surface area contributed by atoms with E-state index in [1.807, 2.05) is 10.6 Å². The molecular formula is C13H15N3O2. The minimum Gasteiger partial charge on any atom is -0.478 e. The van der Waals surface area contributed by atoms with E-state index in [0.717, 1.165) is 12.2 Å². The minimum absolute atomic E-state index is 0.243. The number of rotatable bonds is 4. The van der Waals surface area contributed by atoms with E-state index in [9.17, 15) is 4.79 Å². The molecule has 0 bridgehead atoms. The number of imidazole rings is 1. The molecule has 0 atom stereocenters. The second-order valence-electron chi connectivity index (χ2n) is 4.68. The van der Waals surface area contributed by atoms with Gasteiger partial charge in [0.25, 0.3) is 0 Å². The molecule has 1 fully saturated rings. The van der Waals surface area contributed by atoms with Gasteiger partial charge in [-0.1, -0.05) is 6.42 Å². The highest BCUT2D eigenvalue weighted by Crippen LogP contribution is 2.19. The van der Waals surface area contributed by atoms with Gasteiger partial charge in [0.05, 0.1) is 11.9 Å². The van der Waals surface area contributed by atoms with Gasteiger partial charge < -0.3 is 14.8 Å². The van der Waals surface area contributed by atoms with Gasteiger partial charge in [-0.25, -0.2) is 9.78 Å². The SMILES string of the molecule is O=C(O)c1cccn2c(CNC3CCC3)cnc12. The Balaban J connectivity index is 1.88.